The quantitative estimate of drug-likeness (QED) is 0.503. The van der Waals surface area contributed by atoms with Gasteiger partial charge in [-0.2, -0.15) is 0 Å². The first-order chi connectivity index (χ1) is 6.97. The van der Waals surface area contributed by atoms with Gasteiger partial charge >= 0.3 is 0 Å². The van der Waals surface area contributed by atoms with Crippen LogP contribution in [0.1, 0.15) is 46.5 Å². The molecule has 0 spiro atoms. The number of hydrogen-bond acceptors (Lipinski definition) is 1. The Bertz CT molecular complexity index is 284. The third kappa shape index (κ3) is 3.05. The molecule has 1 atom stereocenters. The Hall–Kier alpha value is -0.850. The molecule has 0 heterocycles. The standard InChI is InChI=1S/C14H22O/c1-5-12(15)8-9-13-11(2)7-6-10-14(13,3)4/h5,7,13H,1,6,8-10H2,2-4H3/t13-/m0/s1. The molecule has 0 aromatic rings. The number of carbonyl (C=O) groups excluding carboxylic acids is 1. The van der Waals surface area contributed by atoms with Gasteiger partial charge in [-0.25, -0.2) is 0 Å². The lowest BCUT2D eigenvalue weighted by atomic mass is 9.67. The van der Waals surface area contributed by atoms with Gasteiger partial charge in [0.1, 0.15) is 0 Å². The van der Waals surface area contributed by atoms with Gasteiger partial charge in [0.05, 0.1) is 0 Å². The first-order valence-corrected chi connectivity index (χ1v) is 5.79. The molecule has 0 N–H and O–H groups in total. The Morgan fingerprint density at radius 2 is 2.33 bits per heavy atom. The Balaban J connectivity index is 2.64. The molecule has 0 saturated heterocycles. The highest BCUT2D eigenvalue weighted by atomic mass is 16.1. The topological polar surface area (TPSA) is 17.1 Å². The van der Waals surface area contributed by atoms with E-state index in [1.54, 1.807) is 0 Å². The van der Waals surface area contributed by atoms with Crippen molar-refractivity contribution in [1.29, 1.82) is 0 Å². The summed E-state index contributed by atoms with van der Waals surface area (Å²) < 4.78 is 0. The van der Waals surface area contributed by atoms with Gasteiger partial charge in [0, 0.05) is 6.42 Å². The van der Waals surface area contributed by atoms with Crippen LogP contribution in [0.4, 0.5) is 0 Å². The van der Waals surface area contributed by atoms with E-state index in [1.807, 2.05) is 0 Å². The van der Waals surface area contributed by atoms with Gasteiger partial charge in [-0.05, 0) is 43.6 Å². The van der Waals surface area contributed by atoms with E-state index in [-0.39, 0.29) is 5.78 Å². The van der Waals surface area contributed by atoms with Crippen LogP contribution < -0.4 is 0 Å². The molecule has 1 nitrogen and oxygen atoms in total. The normalized spacial score (nSPS) is 24.5. The zero-order valence-electron chi connectivity index (χ0n) is 10.2. The molecule has 0 amide bonds. The molecule has 15 heavy (non-hydrogen) atoms. The van der Waals surface area contributed by atoms with Crippen molar-refractivity contribution in [1.82, 2.24) is 0 Å². The van der Waals surface area contributed by atoms with Crippen LogP contribution >= 0.6 is 0 Å². The van der Waals surface area contributed by atoms with E-state index in [2.05, 4.69) is 33.4 Å². The maximum atomic E-state index is 11.2. The maximum Gasteiger partial charge on any atom is 0.155 e. The summed E-state index contributed by atoms with van der Waals surface area (Å²) in [4.78, 5) is 11.2. The monoisotopic (exact) mass is 206 g/mol. The van der Waals surface area contributed by atoms with Crippen molar-refractivity contribution in [3.63, 3.8) is 0 Å². The van der Waals surface area contributed by atoms with Crippen molar-refractivity contribution in [3.8, 4) is 0 Å². The second kappa shape index (κ2) is 4.78. The minimum absolute atomic E-state index is 0.171. The Morgan fingerprint density at radius 1 is 1.67 bits per heavy atom. The predicted octanol–water partition coefficient (Wildman–Crippen LogP) is 3.90. The Kier molecular flexibility index (Phi) is 3.90. The van der Waals surface area contributed by atoms with Gasteiger partial charge in [-0.1, -0.05) is 32.1 Å². The van der Waals surface area contributed by atoms with Crippen molar-refractivity contribution in [3.05, 3.63) is 24.3 Å². The maximum absolute atomic E-state index is 11.2. The molecule has 1 heteroatoms. The molecule has 1 rings (SSSR count). The summed E-state index contributed by atoms with van der Waals surface area (Å²) in [5, 5.41) is 0. The van der Waals surface area contributed by atoms with E-state index >= 15 is 0 Å². The molecule has 0 aliphatic heterocycles. The highest BCUT2D eigenvalue weighted by Crippen LogP contribution is 2.43. The lowest BCUT2D eigenvalue weighted by Crippen LogP contribution is -2.28. The molecule has 84 valence electrons. The van der Waals surface area contributed by atoms with Crippen molar-refractivity contribution < 1.29 is 4.79 Å². The molecule has 0 radical (unpaired) electrons. The van der Waals surface area contributed by atoms with Crippen LogP contribution in [0.5, 0.6) is 0 Å². The molecule has 0 bridgehead atoms. The minimum Gasteiger partial charge on any atom is -0.295 e. The molecular formula is C14H22O. The average Bonchev–Trinajstić information content (AvgIpc) is 2.15. The van der Waals surface area contributed by atoms with Gasteiger partial charge in [0.15, 0.2) is 5.78 Å². The zero-order chi connectivity index (χ0) is 11.5. The summed E-state index contributed by atoms with van der Waals surface area (Å²) >= 11 is 0. The molecule has 0 aromatic carbocycles. The molecular weight excluding hydrogens is 184 g/mol. The Morgan fingerprint density at radius 3 is 2.87 bits per heavy atom. The van der Waals surface area contributed by atoms with E-state index in [1.165, 1.54) is 24.5 Å². The summed E-state index contributed by atoms with van der Waals surface area (Å²) in [6.07, 6.45) is 7.80. The van der Waals surface area contributed by atoms with Crippen molar-refractivity contribution in [2.45, 2.75) is 46.5 Å². The van der Waals surface area contributed by atoms with Gasteiger partial charge in [0.25, 0.3) is 0 Å². The van der Waals surface area contributed by atoms with E-state index in [0.29, 0.717) is 17.8 Å². The second-order valence-corrected chi connectivity index (χ2v) is 5.24. The van der Waals surface area contributed by atoms with Crippen LogP contribution in [0.3, 0.4) is 0 Å². The van der Waals surface area contributed by atoms with E-state index in [9.17, 15) is 4.79 Å². The van der Waals surface area contributed by atoms with Crippen molar-refractivity contribution in [2.75, 3.05) is 0 Å². The van der Waals surface area contributed by atoms with Crippen molar-refractivity contribution in [2.24, 2.45) is 11.3 Å². The third-order valence-electron chi connectivity index (χ3n) is 3.66. The number of rotatable bonds is 4. The first kappa shape index (κ1) is 12.2. The van der Waals surface area contributed by atoms with Crippen LogP contribution in [-0.4, -0.2) is 5.78 Å². The van der Waals surface area contributed by atoms with E-state index < -0.39 is 0 Å². The molecule has 1 aliphatic rings. The lowest BCUT2D eigenvalue weighted by molar-refractivity contribution is -0.115. The molecule has 0 unspecified atom stereocenters. The highest BCUT2D eigenvalue weighted by Gasteiger charge is 2.32. The fraction of sp³-hybridized carbons (Fsp3) is 0.643. The van der Waals surface area contributed by atoms with E-state index in [4.69, 9.17) is 0 Å². The van der Waals surface area contributed by atoms with Crippen molar-refractivity contribution >= 4 is 5.78 Å². The summed E-state index contributed by atoms with van der Waals surface area (Å²) in [5.41, 5.74) is 1.81. The van der Waals surface area contributed by atoms with Gasteiger partial charge in [-0.3, -0.25) is 4.79 Å². The summed E-state index contributed by atoms with van der Waals surface area (Å²) in [5.74, 6) is 0.735. The Labute approximate surface area is 93.3 Å². The molecule has 0 aromatic heterocycles. The SMILES string of the molecule is C=CC(=O)CC[C@H]1C(C)=CCCC1(C)C. The summed E-state index contributed by atoms with van der Waals surface area (Å²) in [6.45, 7) is 10.3. The van der Waals surface area contributed by atoms with Crippen LogP contribution in [-0.2, 0) is 4.79 Å². The molecule has 1 aliphatic carbocycles. The van der Waals surface area contributed by atoms with Crippen LogP contribution in [0.2, 0.25) is 0 Å². The predicted molar refractivity (Wildman–Crippen MR) is 64.7 cm³/mol. The number of ketones is 1. The average molecular weight is 206 g/mol. The smallest absolute Gasteiger partial charge is 0.155 e. The third-order valence-corrected chi connectivity index (χ3v) is 3.66. The van der Waals surface area contributed by atoms with Crippen LogP contribution in [0.25, 0.3) is 0 Å². The van der Waals surface area contributed by atoms with Gasteiger partial charge in [0.2, 0.25) is 0 Å². The second-order valence-electron chi connectivity index (χ2n) is 5.24. The van der Waals surface area contributed by atoms with Crippen LogP contribution in [0.15, 0.2) is 24.3 Å². The fourth-order valence-corrected chi connectivity index (χ4v) is 2.61. The zero-order valence-corrected chi connectivity index (χ0v) is 10.2. The van der Waals surface area contributed by atoms with E-state index in [0.717, 1.165) is 6.42 Å². The fourth-order valence-electron chi connectivity index (χ4n) is 2.61. The number of allylic oxidation sites excluding steroid dienone is 3. The summed E-state index contributed by atoms with van der Waals surface area (Å²) in [7, 11) is 0. The minimum atomic E-state index is 0.171. The largest absolute Gasteiger partial charge is 0.295 e. The molecule has 0 fully saturated rings. The van der Waals surface area contributed by atoms with Gasteiger partial charge < -0.3 is 0 Å². The highest BCUT2D eigenvalue weighted by molar-refractivity contribution is 5.88. The first-order valence-electron chi connectivity index (χ1n) is 5.79. The van der Waals surface area contributed by atoms with Gasteiger partial charge in [-0.15, -0.1) is 0 Å². The number of hydrogen-bond donors (Lipinski definition) is 0. The number of carbonyl (C=O) groups is 1. The van der Waals surface area contributed by atoms with Crippen LogP contribution in [0, 0.1) is 11.3 Å². The molecule has 0 saturated carbocycles. The lowest BCUT2D eigenvalue weighted by Gasteiger charge is -2.38. The summed E-state index contributed by atoms with van der Waals surface area (Å²) in [6, 6.07) is 0.